The first-order valence-electron chi connectivity index (χ1n) is 5.88. The van der Waals surface area contributed by atoms with E-state index in [1.54, 1.807) is 12.1 Å². The van der Waals surface area contributed by atoms with Crippen LogP contribution >= 0.6 is 0 Å². The van der Waals surface area contributed by atoms with E-state index in [1.807, 2.05) is 18.2 Å². The van der Waals surface area contributed by atoms with Gasteiger partial charge in [0.05, 0.1) is 23.3 Å². The van der Waals surface area contributed by atoms with E-state index < -0.39 is 11.6 Å². The molecule has 0 spiro atoms. The lowest BCUT2D eigenvalue weighted by atomic mass is 10.1. The van der Waals surface area contributed by atoms with Gasteiger partial charge in [0.15, 0.2) is 0 Å². The fourth-order valence-electron chi connectivity index (χ4n) is 1.94. The highest BCUT2D eigenvalue weighted by molar-refractivity contribution is 5.64. The molecule has 0 saturated carbocycles. The minimum absolute atomic E-state index is 0.0607. The third kappa shape index (κ3) is 2.01. The van der Waals surface area contributed by atoms with Gasteiger partial charge in [0.1, 0.15) is 11.6 Å². The van der Waals surface area contributed by atoms with Gasteiger partial charge < -0.3 is 5.73 Å². The molecule has 1 aromatic heterocycles. The first kappa shape index (κ1) is 12.3. The molecule has 4 nitrogen and oxygen atoms in total. The Morgan fingerprint density at radius 1 is 1.00 bits per heavy atom. The van der Waals surface area contributed by atoms with Gasteiger partial charge in [0, 0.05) is 11.6 Å². The van der Waals surface area contributed by atoms with E-state index in [1.165, 1.54) is 10.9 Å². The van der Waals surface area contributed by atoms with E-state index in [0.717, 1.165) is 12.1 Å². The Morgan fingerprint density at radius 3 is 2.50 bits per heavy atom. The van der Waals surface area contributed by atoms with Crippen LogP contribution in [0.5, 0.6) is 0 Å². The Hall–Kier alpha value is -2.76. The second-order valence-electron chi connectivity index (χ2n) is 4.22. The highest BCUT2D eigenvalue weighted by atomic mass is 19.1. The minimum Gasteiger partial charge on any atom is -0.396 e. The van der Waals surface area contributed by atoms with Crippen LogP contribution in [0.4, 0.5) is 14.5 Å². The molecule has 0 amide bonds. The number of aromatic nitrogens is 3. The van der Waals surface area contributed by atoms with Crippen molar-refractivity contribution in [1.82, 2.24) is 15.0 Å². The lowest BCUT2D eigenvalue weighted by Crippen LogP contribution is -2.01. The second-order valence-corrected chi connectivity index (χ2v) is 4.22. The number of hydrogen-bond donors (Lipinski definition) is 1. The summed E-state index contributed by atoms with van der Waals surface area (Å²) in [4.78, 5) is 0. The number of halogens is 2. The van der Waals surface area contributed by atoms with Crippen LogP contribution < -0.4 is 5.73 Å². The van der Waals surface area contributed by atoms with Crippen molar-refractivity contribution in [3.05, 3.63) is 60.3 Å². The van der Waals surface area contributed by atoms with Crippen molar-refractivity contribution in [2.24, 2.45) is 0 Å². The highest BCUT2D eigenvalue weighted by Crippen LogP contribution is 2.27. The van der Waals surface area contributed by atoms with Crippen LogP contribution in [0.2, 0.25) is 0 Å². The Labute approximate surface area is 113 Å². The number of benzene rings is 2. The summed E-state index contributed by atoms with van der Waals surface area (Å²) in [7, 11) is 0. The van der Waals surface area contributed by atoms with Crippen molar-refractivity contribution in [3.8, 4) is 16.9 Å². The fraction of sp³-hybridized carbons (Fsp3) is 0. The van der Waals surface area contributed by atoms with Gasteiger partial charge in [-0.3, -0.25) is 0 Å². The van der Waals surface area contributed by atoms with Gasteiger partial charge in [-0.25, -0.2) is 13.5 Å². The second kappa shape index (κ2) is 4.73. The number of hydrogen-bond acceptors (Lipinski definition) is 3. The molecule has 100 valence electrons. The van der Waals surface area contributed by atoms with E-state index in [4.69, 9.17) is 5.73 Å². The third-order valence-corrected chi connectivity index (χ3v) is 2.91. The molecule has 0 aliphatic heterocycles. The summed E-state index contributed by atoms with van der Waals surface area (Å²) in [6.45, 7) is 0. The molecule has 0 bridgehead atoms. The summed E-state index contributed by atoms with van der Waals surface area (Å²) in [5.74, 6) is -1.30. The molecule has 3 aromatic rings. The lowest BCUT2D eigenvalue weighted by Gasteiger charge is -2.08. The number of para-hydroxylation sites is 1. The summed E-state index contributed by atoms with van der Waals surface area (Å²) in [6, 6.07) is 11.1. The predicted molar refractivity (Wildman–Crippen MR) is 71.1 cm³/mol. The fourth-order valence-corrected chi connectivity index (χ4v) is 1.94. The third-order valence-electron chi connectivity index (χ3n) is 2.91. The van der Waals surface area contributed by atoms with Crippen molar-refractivity contribution in [1.29, 1.82) is 0 Å². The van der Waals surface area contributed by atoms with Gasteiger partial charge in [-0.05, 0) is 18.2 Å². The molecule has 0 aliphatic carbocycles. The summed E-state index contributed by atoms with van der Waals surface area (Å²) < 4.78 is 29.0. The lowest BCUT2D eigenvalue weighted by molar-refractivity contribution is 0.606. The Kier molecular flexibility index (Phi) is 2.90. The molecular weight excluding hydrogens is 262 g/mol. The van der Waals surface area contributed by atoms with Crippen LogP contribution in [0.1, 0.15) is 0 Å². The molecule has 3 rings (SSSR count). The Bertz CT molecular complexity index is 753. The van der Waals surface area contributed by atoms with E-state index in [0.29, 0.717) is 11.4 Å². The Morgan fingerprint density at radius 2 is 1.75 bits per heavy atom. The maximum Gasteiger partial charge on any atom is 0.146 e. The largest absolute Gasteiger partial charge is 0.396 e. The average molecular weight is 272 g/mol. The molecule has 1 heterocycles. The van der Waals surface area contributed by atoms with Gasteiger partial charge in [0.25, 0.3) is 0 Å². The van der Waals surface area contributed by atoms with Crippen LogP contribution in [0, 0.1) is 11.6 Å². The zero-order valence-electron chi connectivity index (χ0n) is 10.3. The smallest absolute Gasteiger partial charge is 0.146 e. The number of nitrogen functional groups attached to an aromatic ring is 1. The summed E-state index contributed by atoms with van der Waals surface area (Å²) in [6.07, 6.45) is 1.38. The summed E-state index contributed by atoms with van der Waals surface area (Å²) in [5, 5.41) is 7.66. The molecule has 6 heteroatoms. The predicted octanol–water partition coefficient (Wildman–Crippen LogP) is 2.79. The van der Waals surface area contributed by atoms with Gasteiger partial charge in [-0.2, -0.15) is 0 Å². The number of rotatable bonds is 2. The van der Waals surface area contributed by atoms with Gasteiger partial charge in [-0.15, -0.1) is 5.10 Å². The van der Waals surface area contributed by atoms with Crippen molar-refractivity contribution >= 4 is 5.69 Å². The van der Waals surface area contributed by atoms with E-state index in [-0.39, 0.29) is 11.3 Å². The highest BCUT2D eigenvalue weighted by Gasteiger charge is 2.15. The topological polar surface area (TPSA) is 56.7 Å². The summed E-state index contributed by atoms with van der Waals surface area (Å²) in [5.41, 5.74) is 6.23. The standard InChI is InChI=1S/C14H10F2N4/c15-11-7-13(17)12(16)6-10(11)14-8-18-19-20(14)9-4-2-1-3-5-9/h1-8H,17H2. The molecule has 0 fully saturated rings. The van der Waals surface area contributed by atoms with Crippen LogP contribution in [-0.4, -0.2) is 15.0 Å². The van der Waals surface area contributed by atoms with Crippen LogP contribution in [0.25, 0.3) is 16.9 Å². The van der Waals surface area contributed by atoms with Crippen LogP contribution in [-0.2, 0) is 0 Å². The molecule has 0 radical (unpaired) electrons. The first-order valence-corrected chi connectivity index (χ1v) is 5.88. The van der Waals surface area contributed by atoms with E-state index in [2.05, 4.69) is 10.3 Å². The normalized spacial score (nSPS) is 10.7. The SMILES string of the molecule is Nc1cc(F)c(-c2cnnn2-c2ccccc2)cc1F. The van der Waals surface area contributed by atoms with Crippen molar-refractivity contribution in [3.63, 3.8) is 0 Å². The molecule has 0 unspecified atom stereocenters. The average Bonchev–Trinajstić information content (AvgIpc) is 2.93. The molecular formula is C14H10F2N4. The number of nitrogens with zero attached hydrogens (tertiary/aromatic N) is 3. The maximum atomic E-state index is 14.0. The first-order chi connectivity index (χ1) is 9.66. The zero-order chi connectivity index (χ0) is 14.1. The van der Waals surface area contributed by atoms with E-state index >= 15 is 0 Å². The Balaban J connectivity index is 2.18. The van der Waals surface area contributed by atoms with Crippen molar-refractivity contribution < 1.29 is 8.78 Å². The quantitative estimate of drug-likeness (QED) is 0.730. The van der Waals surface area contributed by atoms with Crippen molar-refractivity contribution in [2.75, 3.05) is 5.73 Å². The molecule has 0 saturated heterocycles. The van der Waals surface area contributed by atoms with Crippen LogP contribution in [0.15, 0.2) is 48.7 Å². The van der Waals surface area contributed by atoms with Gasteiger partial charge in [0.2, 0.25) is 0 Å². The molecule has 0 atom stereocenters. The molecule has 20 heavy (non-hydrogen) atoms. The molecule has 2 aromatic carbocycles. The minimum atomic E-state index is -0.679. The van der Waals surface area contributed by atoms with Gasteiger partial charge >= 0.3 is 0 Å². The van der Waals surface area contributed by atoms with Gasteiger partial charge in [-0.1, -0.05) is 23.4 Å². The molecule has 2 N–H and O–H groups in total. The zero-order valence-corrected chi connectivity index (χ0v) is 10.3. The maximum absolute atomic E-state index is 14.0. The van der Waals surface area contributed by atoms with E-state index in [9.17, 15) is 8.78 Å². The number of anilines is 1. The monoisotopic (exact) mass is 272 g/mol. The summed E-state index contributed by atoms with van der Waals surface area (Å²) >= 11 is 0. The number of nitrogens with two attached hydrogens (primary N) is 1. The van der Waals surface area contributed by atoms with Crippen LogP contribution in [0.3, 0.4) is 0 Å². The van der Waals surface area contributed by atoms with Crippen molar-refractivity contribution in [2.45, 2.75) is 0 Å². The molecule has 0 aliphatic rings.